The first-order valence-electron chi connectivity index (χ1n) is 7.69. The Balaban J connectivity index is 2.21. The lowest BCUT2D eigenvalue weighted by molar-refractivity contribution is -0.126. The molecule has 0 radical (unpaired) electrons. The summed E-state index contributed by atoms with van der Waals surface area (Å²) in [6.07, 6.45) is 7.03. The van der Waals surface area contributed by atoms with E-state index in [1.807, 2.05) is 0 Å². The predicted molar refractivity (Wildman–Crippen MR) is 75.9 cm³/mol. The molecule has 4 heteroatoms. The normalized spacial score (nSPS) is 27.2. The smallest absolute Gasteiger partial charge is 0.220 e. The number of ether oxygens (including phenoxy) is 1. The minimum absolute atomic E-state index is 0.0197. The van der Waals surface area contributed by atoms with Crippen molar-refractivity contribution in [2.45, 2.75) is 70.9 Å². The summed E-state index contributed by atoms with van der Waals surface area (Å²) in [5.74, 6) is 0.537. The lowest BCUT2D eigenvalue weighted by Crippen LogP contribution is -2.50. The Kier molecular flexibility index (Phi) is 8.07. The number of hydrogen-bond acceptors (Lipinski definition) is 3. The number of amides is 1. The van der Waals surface area contributed by atoms with Gasteiger partial charge in [0.05, 0.1) is 12.6 Å². The van der Waals surface area contributed by atoms with Gasteiger partial charge < -0.3 is 15.2 Å². The van der Waals surface area contributed by atoms with Crippen molar-refractivity contribution in [3.63, 3.8) is 0 Å². The molecule has 1 amide bonds. The molecule has 0 aromatic heterocycles. The fourth-order valence-corrected chi connectivity index (χ4v) is 2.56. The first-order valence-corrected chi connectivity index (χ1v) is 7.69. The minimum Gasteiger partial charge on any atom is -0.394 e. The summed E-state index contributed by atoms with van der Waals surface area (Å²) in [6.45, 7) is 4.95. The van der Waals surface area contributed by atoms with Crippen LogP contribution in [0.5, 0.6) is 0 Å². The van der Waals surface area contributed by atoms with E-state index in [1.165, 1.54) is 19.3 Å². The Hall–Kier alpha value is -0.610. The summed E-state index contributed by atoms with van der Waals surface area (Å²) in [6, 6.07) is -0.0307. The summed E-state index contributed by atoms with van der Waals surface area (Å²) in [5.41, 5.74) is 0. The number of aliphatic hydroxyl groups is 1. The van der Waals surface area contributed by atoms with Gasteiger partial charge in [0, 0.05) is 13.0 Å². The van der Waals surface area contributed by atoms with Crippen LogP contribution in [0.1, 0.15) is 58.8 Å². The molecule has 2 N–H and O–H groups in total. The fourth-order valence-electron chi connectivity index (χ4n) is 2.56. The molecule has 1 aliphatic rings. The highest BCUT2D eigenvalue weighted by atomic mass is 16.5. The van der Waals surface area contributed by atoms with Gasteiger partial charge in [-0.3, -0.25) is 4.79 Å². The monoisotopic (exact) mass is 271 g/mol. The maximum absolute atomic E-state index is 11.9. The molecule has 0 aromatic rings. The second kappa shape index (κ2) is 9.32. The molecular weight excluding hydrogens is 242 g/mol. The zero-order valence-electron chi connectivity index (χ0n) is 12.4. The van der Waals surface area contributed by atoms with Crippen molar-refractivity contribution in [3.8, 4) is 0 Å². The van der Waals surface area contributed by atoms with Crippen molar-refractivity contribution in [2.24, 2.45) is 5.92 Å². The molecular formula is C15H29NO3. The van der Waals surface area contributed by atoms with Gasteiger partial charge in [0.15, 0.2) is 0 Å². The SMILES string of the molecule is CCCCCCCC(=O)NC1C[C@H](C)CO[C@H]1CO. The van der Waals surface area contributed by atoms with Crippen LogP contribution in [0.4, 0.5) is 0 Å². The van der Waals surface area contributed by atoms with E-state index in [-0.39, 0.29) is 24.7 Å². The van der Waals surface area contributed by atoms with Gasteiger partial charge >= 0.3 is 0 Å². The molecule has 4 nitrogen and oxygen atoms in total. The largest absolute Gasteiger partial charge is 0.394 e. The molecule has 0 saturated carbocycles. The van der Waals surface area contributed by atoms with Gasteiger partial charge in [-0.25, -0.2) is 0 Å². The molecule has 1 unspecified atom stereocenters. The number of nitrogens with one attached hydrogen (secondary N) is 1. The summed E-state index contributed by atoms with van der Waals surface area (Å²) < 4.78 is 5.55. The van der Waals surface area contributed by atoms with Crippen molar-refractivity contribution in [1.82, 2.24) is 5.32 Å². The average Bonchev–Trinajstić information content (AvgIpc) is 2.39. The Bertz CT molecular complexity index is 258. The first kappa shape index (κ1) is 16.4. The molecule has 1 fully saturated rings. The van der Waals surface area contributed by atoms with E-state index in [9.17, 15) is 9.90 Å². The van der Waals surface area contributed by atoms with Crippen LogP contribution in [0, 0.1) is 5.92 Å². The number of hydrogen-bond donors (Lipinski definition) is 2. The Morgan fingerprint density at radius 3 is 2.74 bits per heavy atom. The molecule has 112 valence electrons. The van der Waals surface area contributed by atoms with Crippen molar-refractivity contribution < 1.29 is 14.6 Å². The van der Waals surface area contributed by atoms with Crippen LogP contribution in [0.15, 0.2) is 0 Å². The Morgan fingerprint density at radius 1 is 1.32 bits per heavy atom. The second-order valence-corrected chi connectivity index (χ2v) is 5.73. The lowest BCUT2D eigenvalue weighted by atomic mass is 9.95. The Morgan fingerprint density at radius 2 is 2.05 bits per heavy atom. The highest BCUT2D eigenvalue weighted by Crippen LogP contribution is 2.19. The van der Waals surface area contributed by atoms with Crippen LogP contribution in [0.25, 0.3) is 0 Å². The van der Waals surface area contributed by atoms with Crippen molar-refractivity contribution in [2.75, 3.05) is 13.2 Å². The third kappa shape index (κ3) is 6.39. The third-order valence-corrected chi connectivity index (χ3v) is 3.73. The van der Waals surface area contributed by atoms with Gasteiger partial charge in [-0.15, -0.1) is 0 Å². The molecule has 0 bridgehead atoms. The topological polar surface area (TPSA) is 58.6 Å². The van der Waals surface area contributed by atoms with Crippen LogP contribution in [-0.4, -0.2) is 36.4 Å². The molecule has 0 aromatic carbocycles. The van der Waals surface area contributed by atoms with Gasteiger partial charge in [-0.05, 0) is 18.8 Å². The molecule has 0 spiro atoms. The van der Waals surface area contributed by atoms with Crippen molar-refractivity contribution in [3.05, 3.63) is 0 Å². The highest BCUT2D eigenvalue weighted by molar-refractivity contribution is 5.76. The summed E-state index contributed by atoms with van der Waals surface area (Å²) in [5, 5.41) is 12.3. The molecule has 0 aliphatic carbocycles. The fraction of sp³-hybridized carbons (Fsp3) is 0.933. The van der Waals surface area contributed by atoms with Gasteiger partial charge in [-0.1, -0.05) is 39.5 Å². The highest BCUT2D eigenvalue weighted by Gasteiger charge is 2.29. The van der Waals surface area contributed by atoms with Crippen LogP contribution >= 0.6 is 0 Å². The number of carbonyl (C=O) groups is 1. The molecule has 1 rings (SSSR count). The van der Waals surface area contributed by atoms with Crippen LogP contribution in [0.3, 0.4) is 0 Å². The van der Waals surface area contributed by atoms with Gasteiger partial charge in [0.25, 0.3) is 0 Å². The third-order valence-electron chi connectivity index (χ3n) is 3.73. The maximum Gasteiger partial charge on any atom is 0.220 e. The van der Waals surface area contributed by atoms with E-state index in [4.69, 9.17) is 4.74 Å². The maximum atomic E-state index is 11.9. The summed E-state index contributed by atoms with van der Waals surface area (Å²) >= 11 is 0. The van der Waals surface area contributed by atoms with Gasteiger partial charge in [0.2, 0.25) is 5.91 Å². The first-order chi connectivity index (χ1) is 9.17. The van der Waals surface area contributed by atoms with Gasteiger partial charge in [-0.2, -0.15) is 0 Å². The lowest BCUT2D eigenvalue weighted by Gasteiger charge is -2.34. The molecule has 1 aliphatic heterocycles. The average molecular weight is 271 g/mol. The van der Waals surface area contributed by atoms with Gasteiger partial charge in [0.1, 0.15) is 6.10 Å². The zero-order valence-corrected chi connectivity index (χ0v) is 12.4. The number of aliphatic hydroxyl groups excluding tert-OH is 1. The number of carbonyl (C=O) groups excluding carboxylic acids is 1. The standard InChI is InChI=1S/C15H29NO3/c1-3-4-5-6-7-8-15(18)16-13-9-12(2)11-19-14(13)10-17/h12-14,17H,3-11H2,1-2H3,(H,16,18)/t12-,13?,14-/m0/s1. The van der Waals surface area contributed by atoms with E-state index in [2.05, 4.69) is 19.2 Å². The van der Waals surface area contributed by atoms with Crippen LogP contribution in [-0.2, 0) is 9.53 Å². The van der Waals surface area contributed by atoms with E-state index < -0.39 is 0 Å². The summed E-state index contributed by atoms with van der Waals surface area (Å²) in [7, 11) is 0. The van der Waals surface area contributed by atoms with Crippen LogP contribution < -0.4 is 5.32 Å². The Labute approximate surface area is 116 Å². The number of unbranched alkanes of at least 4 members (excludes halogenated alkanes) is 4. The molecule has 1 saturated heterocycles. The molecule has 19 heavy (non-hydrogen) atoms. The quantitative estimate of drug-likeness (QED) is 0.666. The van der Waals surface area contributed by atoms with E-state index in [1.54, 1.807) is 0 Å². The number of rotatable bonds is 8. The minimum atomic E-state index is -0.236. The van der Waals surface area contributed by atoms with E-state index in [0.717, 1.165) is 19.3 Å². The van der Waals surface area contributed by atoms with Crippen molar-refractivity contribution in [1.29, 1.82) is 0 Å². The molecule has 1 heterocycles. The van der Waals surface area contributed by atoms with Crippen LogP contribution in [0.2, 0.25) is 0 Å². The van der Waals surface area contributed by atoms with Crippen molar-refractivity contribution >= 4 is 5.91 Å². The summed E-state index contributed by atoms with van der Waals surface area (Å²) in [4.78, 5) is 11.9. The second-order valence-electron chi connectivity index (χ2n) is 5.73. The van der Waals surface area contributed by atoms with E-state index in [0.29, 0.717) is 18.9 Å². The predicted octanol–water partition coefficient (Wildman–Crippen LogP) is 2.25. The van der Waals surface area contributed by atoms with E-state index >= 15 is 0 Å². The zero-order chi connectivity index (χ0) is 14.1. The molecule has 3 atom stereocenters.